The monoisotopic (exact) mass is 241 g/mol. The molecule has 1 aromatic carbocycles. The molecule has 3 rings (SSSR count). The summed E-state index contributed by atoms with van der Waals surface area (Å²) in [4.78, 5) is 4.84. The number of nitrogens with two attached hydrogens (primary N) is 1. The minimum Gasteiger partial charge on any atom is -0.331 e. The number of nitrogens with zero attached hydrogens (tertiary/aromatic N) is 2. The van der Waals surface area contributed by atoms with E-state index in [9.17, 15) is 0 Å². The van der Waals surface area contributed by atoms with Gasteiger partial charge in [0.05, 0.1) is 5.69 Å². The molecule has 0 aliphatic carbocycles. The molecule has 1 aliphatic rings. The molecule has 0 amide bonds. The van der Waals surface area contributed by atoms with Gasteiger partial charge in [0.25, 0.3) is 0 Å². The third-order valence-electron chi connectivity index (χ3n) is 3.72. The molecule has 0 saturated carbocycles. The zero-order chi connectivity index (χ0) is 12.5. The summed E-state index contributed by atoms with van der Waals surface area (Å²) in [6, 6.07) is 8.49. The van der Waals surface area contributed by atoms with Crippen molar-refractivity contribution >= 4 is 0 Å². The molecule has 1 aromatic heterocycles. The van der Waals surface area contributed by atoms with Gasteiger partial charge in [0.1, 0.15) is 5.82 Å². The van der Waals surface area contributed by atoms with Crippen LogP contribution in [0.25, 0.3) is 11.3 Å². The summed E-state index contributed by atoms with van der Waals surface area (Å²) in [5.41, 5.74) is 10.8. The fraction of sp³-hybridized carbons (Fsp3) is 0.400. The van der Waals surface area contributed by atoms with Crippen molar-refractivity contribution in [3.63, 3.8) is 0 Å². The van der Waals surface area contributed by atoms with Crippen LogP contribution in [-0.2, 0) is 19.4 Å². The van der Waals surface area contributed by atoms with Gasteiger partial charge in [-0.3, -0.25) is 0 Å². The molecular formula is C15H19N3. The number of hydrogen-bond acceptors (Lipinski definition) is 2. The predicted octanol–water partition coefficient (Wildman–Crippen LogP) is 2.31. The average Bonchev–Trinajstić information content (AvgIpc) is 2.94. The number of rotatable bonds is 3. The smallest absolute Gasteiger partial charge is 0.110 e. The van der Waals surface area contributed by atoms with Crippen LogP contribution in [0.4, 0.5) is 0 Å². The van der Waals surface area contributed by atoms with E-state index in [0.29, 0.717) is 6.54 Å². The van der Waals surface area contributed by atoms with Crippen molar-refractivity contribution in [2.75, 3.05) is 6.54 Å². The Morgan fingerprint density at radius 2 is 2.17 bits per heavy atom. The predicted molar refractivity (Wildman–Crippen MR) is 73.5 cm³/mol. The summed E-state index contributed by atoms with van der Waals surface area (Å²) in [5.74, 6) is 1.16. The van der Waals surface area contributed by atoms with Crippen LogP contribution in [0.1, 0.15) is 23.5 Å². The van der Waals surface area contributed by atoms with Crippen LogP contribution in [0.15, 0.2) is 24.3 Å². The second-order valence-corrected chi connectivity index (χ2v) is 4.93. The standard InChI is InChI=1S/C15H19N3/c1-11-5-2-3-6-12(11)15-13-7-4-10-18(13)14(17-15)8-9-16/h2-3,5-6H,4,7-10,16H2,1H3. The molecule has 0 spiro atoms. The van der Waals surface area contributed by atoms with E-state index >= 15 is 0 Å². The maximum Gasteiger partial charge on any atom is 0.110 e. The molecule has 0 bridgehead atoms. The summed E-state index contributed by atoms with van der Waals surface area (Å²) in [6.45, 7) is 3.92. The van der Waals surface area contributed by atoms with Crippen molar-refractivity contribution in [1.82, 2.24) is 9.55 Å². The minimum atomic E-state index is 0.670. The molecule has 0 radical (unpaired) electrons. The SMILES string of the molecule is Cc1ccccc1-c1nc(CCN)n2c1CCC2. The zero-order valence-corrected chi connectivity index (χ0v) is 10.8. The summed E-state index contributed by atoms with van der Waals surface area (Å²) in [7, 11) is 0. The van der Waals surface area contributed by atoms with E-state index in [1.807, 2.05) is 0 Å². The van der Waals surface area contributed by atoms with Crippen LogP contribution < -0.4 is 5.73 Å². The quantitative estimate of drug-likeness (QED) is 0.896. The minimum absolute atomic E-state index is 0.670. The summed E-state index contributed by atoms with van der Waals surface area (Å²) < 4.78 is 2.37. The van der Waals surface area contributed by atoms with Gasteiger partial charge in [-0.05, 0) is 31.9 Å². The highest BCUT2D eigenvalue weighted by Crippen LogP contribution is 2.31. The number of aryl methyl sites for hydroxylation is 1. The molecule has 2 aromatic rings. The maximum absolute atomic E-state index is 5.68. The van der Waals surface area contributed by atoms with Gasteiger partial charge < -0.3 is 10.3 Å². The molecule has 2 N–H and O–H groups in total. The van der Waals surface area contributed by atoms with Crippen LogP contribution in [0.5, 0.6) is 0 Å². The Hall–Kier alpha value is -1.61. The van der Waals surface area contributed by atoms with Crippen LogP contribution in [0, 0.1) is 6.92 Å². The number of aromatic nitrogens is 2. The molecule has 2 heterocycles. The molecular weight excluding hydrogens is 222 g/mol. The van der Waals surface area contributed by atoms with Gasteiger partial charge in [0.15, 0.2) is 0 Å². The number of hydrogen-bond donors (Lipinski definition) is 1. The second-order valence-electron chi connectivity index (χ2n) is 4.93. The Bertz CT molecular complexity index is 569. The first kappa shape index (κ1) is 11.5. The Kier molecular flexibility index (Phi) is 2.92. The molecule has 0 unspecified atom stereocenters. The van der Waals surface area contributed by atoms with Crippen LogP contribution in [0.2, 0.25) is 0 Å². The van der Waals surface area contributed by atoms with E-state index in [1.54, 1.807) is 0 Å². The molecule has 94 valence electrons. The lowest BCUT2D eigenvalue weighted by Crippen LogP contribution is -2.08. The third-order valence-corrected chi connectivity index (χ3v) is 3.72. The summed E-state index contributed by atoms with van der Waals surface area (Å²) in [5, 5.41) is 0. The lowest BCUT2D eigenvalue weighted by molar-refractivity contribution is 0.685. The van der Waals surface area contributed by atoms with Crippen LogP contribution in [0.3, 0.4) is 0 Å². The van der Waals surface area contributed by atoms with Crippen molar-refractivity contribution in [2.24, 2.45) is 5.73 Å². The Labute approximate surface area is 108 Å². The van der Waals surface area contributed by atoms with Crippen molar-refractivity contribution in [1.29, 1.82) is 0 Å². The lowest BCUT2D eigenvalue weighted by Gasteiger charge is -2.03. The largest absolute Gasteiger partial charge is 0.331 e. The van der Waals surface area contributed by atoms with Crippen molar-refractivity contribution < 1.29 is 0 Å². The highest BCUT2D eigenvalue weighted by Gasteiger charge is 2.22. The number of imidazole rings is 1. The first-order chi connectivity index (χ1) is 8.81. The number of fused-ring (bicyclic) bond motifs is 1. The van der Waals surface area contributed by atoms with E-state index in [2.05, 4.69) is 35.8 Å². The fourth-order valence-electron chi connectivity index (χ4n) is 2.83. The Morgan fingerprint density at radius 3 is 2.94 bits per heavy atom. The third kappa shape index (κ3) is 1.75. The Morgan fingerprint density at radius 1 is 1.33 bits per heavy atom. The van der Waals surface area contributed by atoms with Gasteiger partial charge in [-0.2, -0.15) is 0 Å². The number of benzene rings is 1. The lowest BCUT2D eigenvalue weighted by atomic mass is 10.0. The maximum atomic E-state index is 5.68. The normalized spacial score (nSPS) is 13.9. The molecule has 0 saturated heterocycles. The highest BCUT2D eigenvalue weighted by molar-refractivity contribution is 5.66. The molecule has 18 heavy (non-hydrogen) atoms. The van der Waals surface area contributed by atoms with Crippen molar-refractivity contribution in [3.8, 4) is 11.3 Å². The molecule has 0 fully saturated rings. The van der Waals surface area contributed by atoms with Crippen LogP contribution in [-0.4, -0.2) is 16.1 Å². The van der Waals surface area contributed by atoms with E-state index in [0.717, 1.165) is 25.2 Å². The summed E-state index contributed by atoms with van der Waals surface area (Å²) >= 11 is 0. The van der Waals surface area contributed by atoms with E-state index < -0.39 is 0 Å². The van der Waals surface area contributed by atoms with E-state index in [4.69, 9.17) is 10.7 Å². The second kappa shape index (κ2) is 4.58. The van der Waals surface area contributed by atoms with Crippen molar-refractivity contribution in [2.45, 2.75) is 32.7 Å². The van der Waals surface area contributed by atoms with E-state index in [-0.39, 0.29) is 0 Å². The van der Waals surface area contributed by atoms with Gasteiger partial charge in [0.2, 0.25) is 0 Å². The topological polar surface area (TPSA) is 43.8 Å². The van der Waals surface area contributed by atoms with Crippen molar-refractivity contribution in [3.05, 3.63) is 41.3 Å². The molecule has 0 atom stereocenters. The fourth-order valence-corrected chi connectivity index (χ4v) is 2.83. The first-order valence-corrected chi connectivity index (χ1v) is 6.65. The van der Waals surface area contributed by atoms with E-state index in [1.165, 1.54) is 28.9 Å². The van der Waals surface area contributed by atoms with Gasteiger partial charge in [0, 0.05) is 24.2 Å². The molecule has 1 aliphatic heterocycles. The Balaban J connectivity index is 2.13. The van der Waals surface area contributed by atoms with Gasteiger partial charge in [-0.25, -0.2) is 4.98 Å². The molecule has 3 heteroatoms. The highest BCUT2D eigenvalue weighted by atomic mass is 15.1. The van der Waals surface area contributed by atoms with Gasteiger partial charge >= 0.3 is 0 Å². The first-order valence-electron chi connectivity index (χ1n) is 6.65. The van der Waals surface area contributed by atoms with Gasteiger partial charge in [-0.15, -0.1) is 0 Å². The van der Waals surface area contributed by atoms with Crippen LogP contribution >= 0.6 is 0 Å². The molecule has 3 nitrogen and oxygen atoms in total. The zero-order valence-electron chi connectivity index (χ0n) is 10.8. The van der Waals surface area contributed by atoms with Gasteiger partial charge in [-0.1, -0.05) is 24.3 Å². The average molecular weight is 241 g/mol. The summed E-state index contributed by atoms with van der Waals surface area (Å²) in [6.07, 6.45) is 3.24.